The number of aromatic nitrogens is 2. The summed E-state index contributed by atoms with van der Waals surface area (Å²) in [5.41, 5.74) is -0.483. The van der Waals surface area contributed by atoms with E-state index < -0.39 is 17.4 Å². The minimum Gasteiger partial charge on any atom is -0.459 e. The zero-order chi connectivity index (χ0) is 19.9. The molecule has 140 valence electrons. The molecule has 1 aromatic carbocycles. The largest absolute Gasteiger partial charge is 0.459 e. The lowest BCUT2D eigenvalue weighted by Gasteiger charge is -2.11. The van der Waals surface area contributed by atoms with Gasteiger partial charge in [-0.05, 0) is 24.3 Å². The molecule has 0 bridgehead atoms. The first-order valence-electron chi connectivity index (χ1n) is 8.00. The average Bonchev–Trinajstić information content (AvgIpc) is 3.24. The van der Waals surface area contributed by atoms with Gasteiger partial charge in [-0.1, -0.05) is 35.9 Å². The van der Waals surface area contributed by atoms with E-state index in [1.807, 2.05) is 0 Å². The number of hydrogen-bond acceptors (Lipinski definition) is 6. The maximum absolute atomic E-state index is 12.5. The van der Waals surface area contributed by atoms with Crippen LogP contribution in [0.15, 0.2) is 63.1 Å². The predicted molar refractivity (Wildman–Crippen MR) is 105 cm³/mol. The number of anilines is 2. The summed E-state index contributed by atoms with van der Waals surface area (Å²) < 4.78 is 5.04. The molecule has 0 aliphatic rings. The highest BCUT2D eigenvalue weighted by Gasteiger charge is 2.19. The van der Waals surface area contributed by atoms with Crippen molar-refractivity contribution >= 4 is 35.1 Å². The van der Waals surface area contributed by atoms with Crippen LogP contribution in [-0.4, -0.2) is 27.5 Å². The summed E-state index contributed by atoms with van der Waals surface area (Å²) in [5.74, 6) is 1.45. The van der Waals surface area contributed by atoms with E-state index in [0.717, 1.165) is 11.8 Å². The Balaban J connectivity index is 1.94. The second-order valence-corrected chi connectivity index (χ2v) is 6.30. The van der Waals surface area contributed by atoms with Crippen molar-refractivity contribution in [2.24, 2.45) is 0 Å². The van der Waals surface area contributed by atoms with E-state index in [4.69, 9.17) is 10.8 Å². The zero-order valence-corrected chi connectivity index (χ0v) is 15.2. The number of hydrogen-bond donors (Lipinski definition) is 3. The third-order valence-corrected chi connectivity index (χ3v) is 4.22. The van der Waals surface area contributed by atoms with Crippen LogP contribution < -0.4 is 16.2 Å². The maximum Gasteiger partial charge on any atom is 0.292 e. The van der Waals surface area contributed by atoms with Gasteiger partial charge in [0.25, 0.3) is 17.4 Å². The van der Waals surface area contributed by atoms with Gasteiger partial charge in [0, 0.05) is 5.56 Å². The summed E-state index contributed by atoms with van der Waals surface area (Å²) in [5, 5.41) is 5.18. The number of rotatable bonds is 6. The molecule has 9 heteroatoms. The fourth-order valence-electron chi connectivity index (χ4n) is 2.19. The number of terminal acetylenes is 1. The number of carbonyl (C=O) groups is 2. The Morgan fingerprint density at radius 2 is 1.93 bits per heavy atom. The first kappa shape index (κ1) is 19.0. The van der Waals surface area contributed by atoms with Crippen LogP contribution in [0.1, 0.15) is 20.9 Å². The maximum atomic E-state index is 12.5. The summed E-state index contributed by atoms with van der Waals surface area (Å²) >= 11 is 1.11. The van der Waals surface area contributed by atoms with E-state index in [-0.39, 0.29) is 28.2 Å². The molecule has 3 aromatic rings. The topological polar surface area (TPSA) is 117 Å². The smallest absolute Gasteiger partial charge is 0.292 e. The molecule has 0 saturated carbocycles. The molecule has 0 fully saturated rings. The Bertz CT molecular complexity index is 1090. The number of amides is 2. The highest BCUT2D eigenvalue weighted by molar-refractivity contribution is 7.99. The number of benzene rings is 1. The molecule has 3 rings (SSSR count). The van der Waals surface area contributed by atoms with Gasteiger partial charge in [0.15, 0.2) is 22.4 Å². The molecule has 28 heavy (non-hydrogen) atoms. The molecule has 0 spiro atoms. The molecular weight excluding hydrogens is 380 g/mol. The third kappa shape index (κ3) is 4.49. The standard InChI is InChI=1S/C19H14N4O4S/c1-2-11-28-19-22-15(21-17(25)13-9-6-10-27-13)14(18(26)23-19)20-16(24)12-7-4-3-5-8-12/h1,3-10H,11H2,(H,20,24)(H2,21,22,23,25,26). The fourth-order valence-corrected chi connectivity index (χ4v) is 2.73. The number of thioether (sulfide) groups is 1. The first-order valence-corrected chi connectivity index (χ1v) is 8.99. The Morgan fingerprint density at radius 3 is 2.61 bits per heavy atom. The number of furan rings is 1. The van der Waals surface area contributed by atoms with Crippen molar-refractivity contribution in [2.75, 3.05) is 16.4 Å². The molecule has 0 radical (unpaired) electrons. The van der Waals surface area contributed by atoms with E-state index in [1.54, 1.807) is 36.4 Å². The van der Waals surface area contributed by atoms with Crippen LogP contribution in [-0.2, 0) is 0 Å². The van der Waals surface area contributed by atoms with Crippen molar-refractivity contribution in [1.29, 1.82) is 0 Å². The molecule has 0 saturated heterocycles. The van der Waals surface area contributed by atoms with Gasteiger partial charge in [0.1, 0.15) is 0 Å². The van der Waals surface area contributed by atoms with Crippen LogP contribution in [0.2, 0.25) is 0 Å². The number of H-pyrrole nitrogens is 1. The van der Waals surface area contributed by atoms with Crippen molar-refractivity contribution in [3.8, 4) is 12.3 Å². The third-order valence-electron chi connectivity index (χ3n) is 3.44. The van der Waals surface area contributed by atoms with Crippen LogP contribution in [0.3, 0.4) is 0 Å². The number of nitrogens with one attached hydrogen (secondary N) is 3. The van der Waals surface area contributed by atoms with Gasteiger partial charge in [-0.3, -0.25) is 19.4 Å². The molecule has 0 aliphatic carbocycles. The Labute approximate surface area is 163 Å². The van der Waals surface area contributed by atoms with Crippen LogP contribution in [0.25, 0.3) is 0 Å². The van der Waals surface area contributed by atoms with Crippen LogP contribution in [0.5, 0.6) is 0 Å². The summed E-state index contributed by atoms with van der Waals surface area (Å²) in [4.78, 5) is 44.0. The minimum atomic E-state index is -0.631. The molecule has 2 amide bonds. The Kier molecular flexibility index (Phi) is 5.94. The van der Waals surface area contributed by atoms with Crippen molar-refractivity contribution in [2.45, 2.75) is 5.16 Å². The summed E-state index contributed by atoms with van der Waals surface area (Å²) in [6, 6.07) is 11.3. The quantitative estimate of drug-likeness (QED) is 0.336. The molecule has 2 aromatic heterocycles. The average molecular weight is 394 g/mol. The second kappa shape index (κ2) is 8.75. The van der Waals surface area contributed by atoms with E-state index in [1.165, 1.54) is 12.3 Å². The predicted octanol–water partition coefficient (Wildman–Crippen LogP) is 2.59. The monoisotopic (exact) mass is 394 g/mol. The molecule has 2 heterocycles. The second-order valence-electron chi connectivity index (χ2n) is 5.34. The minimum absolute atomic E-state index is 0.0280. The molecule has 0 atom stereocenters. The Hall–Kier alpha value is -3.77. The highest BCUT2D eigenvalue weighted by Crippen LogP contribution is 2.20. The lowest BCUT2D eigenvalue weighted by atomic mass is 10.2. The zero-order valence-electron chi connectivity index (χ0n) is 14.4. The van der Waals surface area contributed by atoms with Gasteiger partial charge in [-0.2, -0.15) is 0 Å². The highest BCUT2D eigenvalue weighted by atomic mass is 32.2. The van der Waals surface area contributed by atoms with Gasteiger partial charge in [-0.15, -0.1) is 6.42 Å². The number of nitrogens with zero attached hydrogens (tertiary/aromatic N) is 1. The van der Waals surface area contributed by atoms with Gasteiger partial charge in [0.2, 0.25) is 0 Å². The van der Waals surface area contributed by atoms with Crippen molar-refractivity contribution in [3.63, 3.8) is 0 Å². The van der Waals surface area contributed by atoms with Gasteiger partial charge in [-0.25, -0.2) is 4.98 Å². The lowest BCUT2D eigenvalue weighted by molar-refractivity contribution is 0.0992. The van der Waals surface area contributed by atoms with E-state index in [2.05, 4.69) is 26.5 Å². The molecule has 8 nitrogen and oxygen atoms in total. The van der Waals surface area contributed by atoms with Crippen LogP contribution >= 0.6 is 11.8 Å². The number of aromatic amines is 1. The van der Waals surface area contributed by atoms with Crippen LogP contribution in [0.4, 0.5) is 11.5 Å². The Morgan fingerprint density at radius 1 is 1.14 bits per heavy atom. The van der Waals surface area contributed by atoms with E-state index >= 15 is 0 Å². The summed E-state index contributed by atoms with van der Waals surface area (Å²) in [6.07, 6.45) is 6.57. The normalized spacial score (nSPS) is 10.1. The van der Waals surface area contributed by atoms with E-state index in [0.29, 0.717) is 5.56 Å². The van der Waals surface area contributed by atoms with Gasteiger partial charge < -0.3 is 15.1 Å². The van der Waals surface area contributed by atoms with Gasteiger partial charge >= 0.3 is 0 Å². The van der Waals surface area contributed by atoms with Crippen molar-refractivity contribution < 1.29 is 14.0 Å². The molecule has 3 N–H and O–H groups in total. The molecule has 0 aliphatic heterocycles. The summed E-state index contributed by atoms with van der Waals surface area (Å²) in [7, 11) is 0. The van der Waals surface area contributed by atoms with Crippen molar-refractivity contribution in [3.05, 3.63) is 70.4 Å². The lowest BCUT2D eigenvalue weighted by Crippen LogP contribution is -2.25. The molecular formula is C19H14N4O4S. The fraction of sp³-hybridized carbons (Fsp3) is 0.0526. The van der Waals surface area contributed by atoms with E-state index in [9.17, 15) is 14.4 Å². The number of carbonyl (C=O) groups excluding carboxylic acids is 2. The molecule has 0 unspecified atom stereocenters. The first-order chi connectivity index (χ1) is 13.6. The summed E-state index contributed by atoms with van der Waals surface area (Å²) in [6.45, 7) is 0. The van der Waals surface area contributed by atoms with Crippen molar-refractivity contribution in [1.82, 2.24) is 9.97 Å². The van der Waals surface area contributed by atoms with Crippen LogP contribution in [0, 0.1) is 12.3 Å². The van der Waals surface area contributed by atoms with Gasteiger partial charge in [0.05, 0.1) is 12.0 Å². The SMILES string of the molecule is C#CCSc1nc(NC(=O)c2ccco2)c(NC(=O)c2ccccc2)c(=O)[nH]1.